The zero-order chi connectivity index (χ0) is 16.1. The molecule has 1 aromatic rings. The molecule has 2 atom stereocenters. The first-order valence-corrected chi connectivity index (χ1v) is 8.61. The lowest BCUT2D eigenvalue weighted by molar-refractivity contribution is 0.0941. The number of carbonyl (C=O) groups excluding carboxylic acids is 1. The molecule has 1 fully saturated rings. The lowest BCUT2D eigenvalue weighted by atomic mass is 9.98. The van der Waals surface area contributed by atoms with Crippen molar-refractivity contribution >= 4 is 5.91 Å². The molecule has 2 aliphatic carbocycles. The van der Waals surface area contributed by atoms with Crippen LogP contribution in [0.2, 0.25) is 0 Å². The van der Waals surface area contributed by atoms with E-state index in [4.69, 9.17) is 9.84 Å². The third-order valence-electron chi connectivity index (χ3n) is 4.69. The van der Waals surface area contributed by atoms with E-state index in [0.29, 0.717) is 11.7 Å². The zero-order valence-corrected chi connectivity index (χ0v) is 13.4. The highest BCUT2D eigenvalue weighted by atomic mass is 16.5. The highest BCUT2D eigenvalue weighted by molar-refractivity contribution is 5.94. The highest BCUT2D eigenvalue weighted by Gasteiger charge is 2.20. The predicted molar refractivity (Wildman–Crippen MR) is 89.5 cm³/mol. The van der Waals surface area contributed by atoms with Crippen molar-refractivity contribution in [2.45, 2.75) is 50.7 Å². The number of ether oxygens (including phenoxy) is 1. The molecule has 0 radical (unpaired) electrons. The lowest BCUT2D eigenvalue weighted by Crippen LogP contribution is -2.32. The molecule has 0 aromatic heterocycles. The minimum atomic E-state index is -0.0811. The predicted octanol–water partition coefficient (Wildman–Crippen LogP) is 3.06. The Hall–Kier alpha value is -1.81. The van der Waals surface area contributed by atoms with Crippen molar-refractivity contribution < 1.29 is 14.6 Å². The third kappa shape index (κ3) is 4.35. The van der Waals surface area contributed by atoms with E-state index < -0.39 is 0 Å². The van der Waals surface area contributed by atoms with Crippen LogP contribution in [0, 0.1) is 5.92 Å². The van der Waals surface area contributed by atoms with Gasteiger partial charge in [-0.15, -0.1) is 0 Å². The van der Waals surface area contributed by atoms with E-state index in [0.717, 1.165) is 25.0 Å². The van der Waals surface area contributed by atoms with Crippen LogP contribution in [-0.2, 0) is 0 Å². The molecule has 0 spiro atoms. The monoisotopic (exact) mass is 315 g/mol. The number of carbonyl (C=O) groups is 1. The van der Waals surface area contributed by atoms with E-state index in [2.05, 4.69) is 5.32 Å². The Balaban J connectivity index is 1.52. The normalized spacial score (nSPS) is 24.6. The van der Waals surface area contributed by atoms with Gasteiger partial charge in [0.15, 0.2) is 0 Å². The standard InChI is InChI=1S/C19H25NO3/c21-13-14-6-9-16(12-14)20-19(22)15-7-10-18(11-8-15)23-17-4-2-1-3-5-17/h6-11,14,16-17,21H,1-5,12-13H2,(H,20,22)/t14-,16+/m0/s1. The Morgan fingerprint density at radius 3 is 2.52 bits per heavy atom. The second-order valence-electron chi connectivity index (χ2n) is 6.55. The summed E-state index contributed by atoms with van der Waals surface area (Å²) in [6, 6.07) is 7.40. The smallest absolute Gasteiger partial charge is 0.251 e. The van der Waals surface area contributed by atoms with Crippen LogP contribution in [0.25, 0.3) is 0 Å². The Kier molecular flexibility index (Phi) is 5.34. The Morgan fingerprint density at radius 1 is 1.13 bits per heavy atom. The fourth-order valence-corrected chi connectivity index (χ4v) is 3.33. The fourth-order valence-electron chi connectivity index (χ4n) is 3.33. The van der Waals surface area contributed by atoms with Crippen LogP contribution >= 0.6 is 0 Å². The van der Waals surface area contributed by atoms with Crippen LogP contribution in [0.15, 0.2) is 36.4 Å². The molecule has 3 rings (SSSR count). The largest absolute Gasteiger partial charge is 0.490 e. The maximum Gasteiger partial charge on any atom is 0.251 e. The van der Waals surface area contributed by atoms with Gasteiger partial charge in [-0.3, -0.25) is 4.79 Å². The number of aliphatic hydroxyl groups excluding tert-OH is 1. The van der Waals surface area contributed by atoms with Gasteiger partial charge >= 0.3 is 0 Å². The molecule has 1 amide bonds. The van der Waals surface area contributed by atoms with Crippen LogP contribution < -0.4 is 10.1 Å². The molecule has 0 bridgehead atoms. The summed E-state index contributed by atoms with van der Waals surface area (Å²) in [7, 11) is 0. The average Bonchev–Trinajstić information content (AvgIpc) is 3.04. The molecular weight excluding hydrogens is 290 g/mol. The van der Waals surface area contributed by atoms with E-state index in [1.165, 1.54) is 19.3 Å². The summed E-state index contributed by atoms with van der Waals surface area (Å²) in [5.41, 5.74) is 0.641. The number of amides is 1. The van der Waals surface area contributed by atoms with Gasteiger partial charge in [-0.25, -0.2) is 0 Å². The van der Waals surface area contributed by atoms with Gasteiger partial charge in [-0.05, 0) is 56.4 Å². The summed E-state index contributed by atoms with van der Waals surface area (Å²) in [5.74, 6) is 0.920. The molecular formula is C19H25NO3. The first-order valence-electron chi connectivity index (χ1n) is 8.61. The second kappa shape index (κ2) is 7.64. The van der Waals surface area contributed by atoms with Gasteiger partial charge in [0, 0.05) is 24.1 Å². The summed E-state index contributed by atoms with van der Waals surface area (Å²) in [4.78, 5) is 12.2. The van der Waals surface area contributed by atoms with Crippen LogP contribution in [0.3, 0.4) is 0 Å². The number of hydrogen-bond acceptors (Lipinski definition) is 3. The number of hydrogen-bond donors (Lipinski definition) is 2. The molecule has 0 aliphatic heterocycles. The van der Waals surface area contributed by atoms with E-state index in [-0.39, 0.29) is 24.5 Å². The van der Waals surface area contributed by atoms with E-state index >= 15 is 0 Å². The maximum atomic E-state index is 12.2. The zero-order valence-electron chi connectivity index (χ0n) is 13.4. The number of benzene rings is 1. The van der Waals surface area contributed by atoms with Crippen LogP contribution in [-0.4, -0.2) is 29.8 Å². The maximum absolute atomic E-state index is 12.2. The van der Waals surface area contributed by atoms with Crippen molar-refractivity contribution in [2.75, 3.05) is 6.61 Å². The van der Waals surface area contributed by atoms with Crippen LogP contribution in [0.1, 0.15) is 48.9 Å². The van der Waals surface area contributed by atoms with E-state index in [1.807, 2.05) is 36.4 Å². The molecule has 4 heteroatoms. The summed E-state index contributed by atoms with van der Waals surface area (Å²) in [6.45, 7) is 0.135. The third-order valence-corrected chi connectivity index (χ3v) is 4.69. The molecule has 4 nitrogen and oxygen atoms in total. The molecule has 0 heterocycles. The van der Waals surface area contributed by atoms with Gasteiger partial charge in [0.05, 0.1) is 6.10 Å². The average molecular weight is 315 g/mol. The number of aliphatic hydroxyl groups is 1. The van der Waals surface area contributed by atoms with Crippen molar-refractivity contribution in [1.29, 1.82) is 0 Å². The summed E-state index contributed by atoms with van der Waals surface area (Å²) < 4.78 is 5.98. The molecule has 1 aromatic carbocycles. The Morgan fingerprint density at radius 2 is 1.87 bits per heavy atom. The lowest BCUT2D eigenvalue weighted by Gasteiger charge is -2.23. The summed E-state index contributed by atoms with van der Waals surface area (Å²) >= 11 is 0. The molecule has 23 heavy (non-hydrogen) atoms. The number of rotatable bonds is 5. The molecule has 2 N–H and O–H groups in total. The van der Waals surface area contributed by atoms with Crippen molar-refractivity contribution in [1.82, 2.24) is 5.32 Å². The van der Waals surface area contributed by atoms with Gasteiger partial charge in [0.1, 0.15) is 5.75 Å². The van der Waals surface area contributed by atoms with E-state index in [1.54, 1.807) is 0 Å². The molecule has 1 saturated carbocycles. The minimum absolute atomic E-state index is 0.0119. The fraction of sp³-hybridized carbons (Fsp3) is 0.526. The van der Waals surface area contributed by atoms with Crippen LogP contribution in [0.5, 0.6) is 5.75 Å². The van der Waals surface area contributed by atoms with Crippen molar-refractivity contribution in [2.24, 2.45) is 5.92 Å². The summed E-state index contributed by atoms with van der Waals surface area (Å²) in [6.07, 6.45) is 11.1. The van der Waals surface area contributed by atoms with Crippen molar-refractivity contribution in [3.63, 3.8) is 0 Å². The van der Waals surface area contributed by atoms with E-state index in [9.17, 15) is 4.79 Å². The molecule has 0 saturated heterocycles. The van der Waals surface area contributed by atoms with Gasteiger partial charge in [-0.2, -0.15) is 0 Å². The van der Waals surface area contributed by atoms with Gasteiger partial charge in [0.25, 0.3) is 5.91 Å². The first kappa shape index (κ1) is 16.1. The first-order chi connectivity index (χ1) is 11.2. The SMILES string of the molecule is O=C(N[C@@H]1C=C[C@H](CO)C1)c1ccc(OC2CCCCC2)cc1. The second-order valence-corrected chi connectivity index (χ2v) is 6.55. The van der Waals surface area contributed by atoms with Crippen LogP contribution in [0.4, 0.5) is 0 Å². The van der Waals surface area contributed by atoms with Crippen molar-refractivity contribution in [3.05, 3.63) is 42.0 Å². The minimum Gasteiger partial charge on any atom is -0.490 e. The number of nitrogens with one attached hydrogen (secondary N) is 1. The highest BCUT2D eigenvalue weighted by Crippen LogP contribution is 2.24. The Labute approximate surface area is 137 Å². The topological polar surface area (TPSA) is 58.6 Å². The van der Waals surface area contributed by atoms with Gasteiger partial charge < -0.3 is 15.2 Å². The van der Waals surface area contributed by atoms with Gasteiger partial charge in [-0.1, -0.05) is 18.6 Å². The Bertz CT molecular complexity index is 546. The van der Waals surface area contributed by atoms with Gasteiger partial charge in [0.2, 0.25) is 0 Å². The molecule has 2 aliphatic rings. The molecule has 0 unspecified atom stereocenters. The van der Waals surface area contributed by atoms with Crippen molar-refractivity contribution in [3.8, 4) is 5.75 Å². The quantitative estimate of drug-likeness (QED) is 0.821. The summed E-state index contributed by atoms with van der Waals surface area (Å²) in [5, 5.41) is 12.1. The molecule has 124 valence electrons.